The van der Waals surface area contributed by atoms with Crippen LogP contribution in [0.2, 0.25) is 0 Å². The summed E-state index contributed by atoms with van der Waals surface area (Å²) in [6.45, 7) is 3.00. The number of rotatable bonds is 3. The highest BCUT2D eigenvalue weighted by Crippen LogP contribution is 2.20. The first-order valence-corrected chi connectivity index (χ1v) is 7.12. The van der Waals surface area contributed by atoms with Gasteiger partial charge in [-0.15, -0.1) is 10.2 Å². The number of aromatic nitrogens is 4. The van der Waals surface area contributed by atoms with Gasteiger partial charge in [-0.3, -0.25) is 4.79 Å². The Kier molecular flexibility index (Phi) is 3.92. The van der Waals surface area contributed by atoms with Gasteiger partial charge in [0.2, 0.25) is 11.7 Å². The molecule has 110 valence electrons. The zero-order valence-corrected chi connectivity index (χ0v) is 11.8. The third kappa shape index (κ3) is 3.08. The Morgan fingerprint density at radius 1 is 1.43 bits per heavy atom. The van der Waals surface area contributed by atoms with Gasteiger partial charge in [0.15, 0.2) is 0 Å². The van der Waals surface area contributed by atoms with Crippen LogP contribution in [0.25, 0.3) is 11.4 Å². The number of anilines is 1. The normalized spacial score (nSPS) is 22.0. The smallest absolute Gasteiger partial charge is 0.241 e. The molecule has 2 unspecified atom stereocenters. The van der Waals surface area contributed by atoms with Gasteiger partial charge in [0.05, 0.1) is 6.04 Å². The number of nitrogens with zero attached hydrogens (tertiary/aromatic N) is 3. The van der Waals surface area contributed by atoms with Crippen LogP contribution in [0, 0.1) is 5.92 Å². The van der Waals surface area contributed by atoms with Crippen LogP contribution >= 0.6 is 0 Å². The molecule has 3 rings (SSSR count). The monoisotopic (exact) mass is 286 g/mol. The van der Waals surface area contributed by atoms with Crippen LogP contribution in [-0.2, 0) is 4.79 Å². The predicted octanol–water partition coefficient (Wildman–Crippen LogP) is 1.19. The minimum Gasteiger partial charge on any atom is -0.325 e. The highest BCUT2D eigenvalue weighted by atomic mass is 16.2. The molecule has 1 saturated heterocycles. The van der Waals surface area contributed by atoms with Crippen molar-refractivity contribution in [3.05, 3.63) is 24.3 Å². The molecule has 1 fully saturated rings. The quantitative estimate of drug-likeness (QED) is 0.788. The van der Waals surface area contributed by atoms with Crippen LogP contribution in [0.3, 0.4) is 0 Å². The van der Waals surface area contributed by atoms with Gasteiger partial charge >= 0.3 is 0 Å². The fourth-order valence-electron chi connectivity index (χ4n) is 2.64. The van der Waals surface area contributed by atoms with Crippen LogP contribution in [0.5, 0.6) is 0 Å². The molecule has 0 spiro atoms. The van der Waals surface area contributed by atoms with Crippen molar-refractivity contribution in [2.75, 3.05) is 11.9 Å². The number of H-pyrrole nitrogens is 1. The minimum atomic E-state index is -0.132. The maximum Gasteiger partial charge on any atom is 0.241 e. The van der Waals surface area contributed by atoms with Crippen molar-refractivity contribution in [1.29, 1.82) is 0 Å². The van der Waals surface area contributed by atoms with E-state index in [9.17, 15) is 4.79 Å². The lowest BCUT2D eigenvalue weighted by atomic mass is 9.92. The molecule has 1 aromatic carbocycles. The van der Waals surface area contributed by atoms with E-state index in [1.165, 1.54) is 0 Å². The van der Waals surface area contributed by atoms with Crippen LogP contribution in [0.1, 0.15) is 19.8 Å². The summed E-state index contributed by atoms with van der Waals surface area (Å²) in [5.41, 5.74) is 1.55. The van der Waals surface area contributed by atoms with Crippen molar-refractivity contribution in [2.45, 2.75) is 25.8 Å². The molecule has 0 bridgehead atoms. The number of benzene rings is 1. The first-order valence-electron chi connectivity index (χ1n) is 7.12. The Morgan fingerprint density at radius 3 is 3.10 bits per heavy atom. The molecule has 1 aromatic heterocycles. The van der Waals surface area contributed by atoms with Gasteiger partial charge in [0.1, 0.15) is 0 Å². The first kappa shape index (κ1) is 13.7. The summed E-state index contributed by atoms with van der Waals surface area (Å²) in [6.07, 6.45) is 2.20. The third-order valence-corrected chi connectivity index (χ3v) is 3.79. The SMILES string of the molecule is CC1CCCNC1C(=O)Nc1cccc(-c2nn[nH]n2)c1. The topological polar surface area (TPSA) is 95.6 Å². The molecular formula is C14H18N6O. The van der Waals surface area contributed by atoms with Crippen LogP contribution in [0.15, 0.2) is 24.3 Å². The summed E-state index contributed by atoms with van der Waals surface area (Å²) in [6, 6.07) is 7.30. The lowest BCUT2D eigenvalue weighted by Gasteiger charge is -2.28. The lowest BCUT2D eigenvalue weighted by Crippen LogP contribution is -2.48. The Balaban J connectivity index is 1.73. The summed E-state index contributed by atoms with van der Waals surface area (Å²) in [7, 11) is 0. The minimum absolute atomic E-state index is 0.00691. The Morgan fingerprint density at radius 2 is 2.33 bits per heavy atom. The molecule has 1 amide bonds. The number of hydrogen-bond donors (Lipinski definition) is 3. The van der Waals surface area contributed by atoms with E-state index in [0.717, 1.165) is 30.6 Å². The number of amides is 1. The number of carbonyl (C=O) groups excluding carboxylic acids is 1. The molecule has 1 aliphatic heterocycles. The van der Waals surface area contributed by atoms with E-state index in [2.05, 4.69) is 38.2 Å². The van der Waals surface area contributed by atoms with E-state index in [1.807, 2.05) is 24.3 Å². The van der Waals surface area contributed by atoms with E-state index in [1.54, 1.807) is 0 Å². The summed E-state index contributed by atoms with van der Waals surface area (Å²) < 4.78 is 0. The van der Waals surface area contributed by atoms with E-state index in [4.69, 9.17) is 0 Å². The first-order chi connectivity index (χ1) is 10.2. The van der Waals surface area contributed by atoms with Crippen molar-refractivity contribution in [1.82, 2.24) is 25.9 Å². The second-order valence-corrected chi connectivity index (χ2v) is 5.36. The number of piperidine rings is 1. The summed E-state index contributed by atoms with van der Waals surface area (Å²) >= 11 is 0. The predicted molar refractivity (Wildman–Crippen MR) is 78.4 cm³/mol. The van der Waals surface area contributed by atoms with Crippen molar-refractivity contribution >= 4 is 11.6 Å². The van der Waals surface area contributed by atoms with Crippen molar-refractivity contribution < 1.29 is 4.79 Å². The molecule has 2 aromatic rings. The molecule has 7 heteroatoms. The Bertz CT molecular complexity index is 612. The van der Waals surface area contributed by atoms with E-state index >= 15 is 0 Å². The fourth-order valence-corrected chi connectivity index (χ4v) is 2.64. The number of nitrogens with one attached hydrogen (secondary N) is 3. The van der Waals surface area contributed by atoms with E-state index in [0.29, 0.717) is 11.7 Å². The molecule has 0 aliphatic carbocycles. The number of aromatic amines is 1. The molecular weight excluding hydrogens is 268 g/mol. The van der Waals surface area contributed by atoms with Crippen LogP contribution in [-0.4, -0.2) is 39.1 Å². The van der Waals surface area contributed by atoms with E-state index in [-0.39, 0.29) is 11.9 Å². The molecule has 0 radical (unpaired) electrons. The zero-order valence-electron chi connectivity index (χ0n) is 11.8. The molecule has 3 N–H and O–H groups in total. The van der Waals surface area contributed by atoms with Gasteiger partial charge < -0.3 is 10.6 Å². The second kappa shape index (κ2) is 6.01. The third-order valence-electron chi connectivity index (χ3n) is 3.79. The molecule has 2 atom stereocenters. The zero-order chi connectivity index (χ0) is 14.7. The molecule has 2 heterocycles. The number of hydrogen-bond acceptors (Lipinski definition) is 5. The standard InChI is InChI=1S/C14H18N6O/c1-9-4-3-7-15-12(9)14(21)16-11-6-2-5-10(8-11)13-17-19-20-18-13/h2,5-6,8-9,12,15H,3-4,7H2,1H3,(H,16,21)(H,17,18,19,20). The highest BCUT2D eigenvalue weighted by molar-refractivity contribution is 5.95. The average molecular weight is 286 g/mol. The molecule has 21 heavy (non-hydrogen) atoms. The van der Waals surface area contributed by atoms with Crippen LogP contribution < -0.4 is 10.6 Å². The average Bonchev–Trinajstić information content (AvgIpc) is 3.02. The van der Waals surface area contributed by atoms with Crippen molar-refractivity contribution in [3.63, 3.8) is 0 Å². The Hall–Kier alpha value is -2.28. The van der Waals surface area contributed by atoms with Gasteiger partial charge in [-0.25, -0.2) is 0 Å². The van der Waals surface area contributed by atoms with Gasteiger partial charge in [-0.1, -0.05) is 19.1 Å². The molecule has 1 aliphatic rings. The van der Waals surface area contributed by atoms with E-state index < -0.39 is 0 Å². The van der Waals surface area contributed by atoms with Crippen LogP contribution in [0.4, 0.5) is 5.69 Å². The second-order valence-electron chi connectivity index (χ2n) is 5.36. The number of tetrazole rings is 1. The summed E-state index contributed by atoms with van der Waals surface area (Å²) in [5.74, 6) is 0.863. The fraction of sp³-hybridized carbons (Fsp3) is 0.429. The summed E-state index contributed by atoms with van der Waals surface area (Å²) in [5, 5.41) is 20.1. The van der Waals surface area contributed by atoms with Gasteiger partial charge in [-0.2, -0.15) is 5.21 Å². The maximum absolute atomic E-state index is 12.4. The lowest BCUT2D eigenvalue weighted by molar-refractivity contribution is -0.119. The molecule has 0 saturated carbocycles. The summed E-state index contributed by atoms with van der Waals surface area (Å²) in [4.78, 5) is 12.4. The van der Waals surface area contributed by atoms with Gasteiger partial charge in [0.25, 0.3) is 0 Å². The largest absolute Gasteiger partial charge is 0.325 e. The molecule has 7 nitrogen and oxygen atoms in total. The Labute approximate surface area is 122 Å². The maximum atomic E-state index is 12.4. The highest BCUT2D eigenvalue weighted by Gasteiger charge is 2.27. The van der Waals surface area contributed by atoms with Gasteiger partial charge in [-0.05, 0) is 42.7 Å². The van der Waals surface area contributed by atoms with Crippen molar-refractivity contribution in [2.24, 2.45) is 5.92 Å². The number of carbonyl (C=O) groups is 1. The van der Waals surface area contributed by atoms with Gasteiger partial charge in [0, 0.05) is 11.3 Å². The van der Waals surface area contributed by atoms with Crippen molar-refractivity contribution in [3.8, 4) is 11.4 Å².